The fourth-order valence-corrected chi connectivity index (χ4v) is 3.69. The number of fused-ring (bicyclic) bond motifs is 2. The first-order chi connectivity index (χ1) is 12.5. The molecule has 134 valence electrons. The van der Waals surface area contributed by atoms with Crippen LogP contribution in [-0.4, -0.2) is 36.6 Å². The molecule has 1 aliphatic heterocycles. The summed E-state index contributed by atoms with van der Waals surface area (Å²) in [7, 11) is 1.92. The molecule has 2 aliphatic rings. The highest BCUT2D eigenvalue weighted by Gasteiger charge is 2.32. The molecule has 0 spiro atoms. The van der Waals surface area contributed by atoms with E-state index < -0.39 is 12.1 Å². The van der Waals surface area contributed by atoms with Gasteiger partial charge in [0.05, 0.1) is 23.5 Å². The highest BCUT2D eigenvalue weighted by molar-refractivity contribution is 6.01. The first-order valence-electron chi connectivity index (χ1n) is 8.74. The van der Waals surface area contributed by atoms with Gasteiger partial charge in [0.25, 0.3) is 5.91 Å². The van der Waals surface area contributed by atoms with Crippen molar-refractivity contribution >= 4 is 23.2 Å². The van der Waals surface area contributed by atoms with Crippen molar-refractivity contribution in [3.05, 3.63) is 59.2 Å². The van der Waals surface area contributed by atoms with Crippen molar-refractivity contribution in [2.45, 2.75) is 25.0 Å². The SMILES string of the molecule is CN1CCC(=O)Nc2cc(C(=O)N[C@@H]3c4ccccc4C[C@@H]3O)ccc21. The third-order valence-corrected chi connectivity index (χ3v) is 5.11. The second-order valence-corrected chi connectivity index (χ2v) is 6.87. The fourth-order valence-electron chi connectivity index (χ4n) is 3.69. The van der Waals surface area contributed by atoms with Crippen LogP contribution in [0.15, 0.2) is 42.5 Å². The van der Waals surface area contributed by atoms with Crippen LogP contribution in [0.1, 0.15) is 33.9 Å². The quantitative estimate of drug-likeness (QED) is 0.771. The molecular formula is C20H21N3O3. The molecule has 2 aromatic carbocycles. The molecule has 0 saturated carbocycles. The molecule has 6 heteroatoms. The number of carbonyl (C=O) groups excluding carboxylic acids is 2. The molecule has 0 radical (unpaired) electrons. The van der Waals surface area contributed by atoms with E-state index in [9.17, 15) is 14.7 Å². The van der Waals surface area contributed by atoms with Gasteiger partial charge in [-0.2, -0.15) is 0 Å². The van der Waals surface area contributed by atoms with Gasteiger partial charge in [0.2, 0.25) is 5.91 Å². The number of aliphatic hydroxyl groups is 1. The van der Waals surface area contributed by atoms with Gasteiger partial charge < -0.3 is 20.6 Å². The third kappa shape index (κ3) is 2.93. The number of rotatable bonds is 2. The van der Waals surface area contributed by atoms with Crippen molar-refractivity contribution in [3.8, 4) is 0 Å². The van der Waals surface area contributed by atoms with E-state index in [4.69, 9.17) is 0 Å². The van der Waals surface area contributed by atoms with E-state index in [1.54, 1.807) is 12.1 Å². The number of hydrogen-bond donors (Lipinski definition) is 3. The molecule has 2 atom stereocenters. The number of anilines is 2. The van der Waals surface area contributed by atoms with E-state index in [1.807, 2.05) is 42.3 Å². The second-order valence-electron chi connectivity index (χ2n) is 6.87. The van der Waals surface area contributed by atoms with Crippen molar-refractivity contribution in [1.82, 2.24) is 5.32 Å². The van der Waals surface area contributed by atoms with Crippen molar-refractivity contribution in [3.63, 3.8) is 0 Å². The Morgan fingerprint density at radius 1 is 1.27 bits per heavy atom. The average Bonchev–Trinajstić information content (AvgIpc) is 2.86. The monoisotopic (exact) mass is 351 g/mol. The van der Waals surface area contributed by atoms with Gasteiger partial charge in [0, 0.05) is 32.0 Å². The minimum absolute atomic E-state index is 0.0618. The van der Waals surface area contributed by atoms with Crippen LogP contribution in [0.2, 0.25) is 0 Å². The zero-order valence-corrected chi connectivity index (χ0v) is 14.5. The molecule has 3 N–H and O–H groups in total. The molecule has 1 aliphatic carbocycles. The molecule has 6 nitrogen and oxygen atoms in total. The fraction of sp³-hybridized carbons (Fsp3) is 0.300. The maximum absolute atomic E-state index is 12.7. The molecule has 26 heavy (non-hydrogen) atoms. The van der Waals surface area contributed by atoms with Gasteiger partial charge >= 0.3 is 0 Å². The predicted octanol–water partition coefficient (Wildman–Crippen LogP) is 1.85. The Hall–Kier alpha value is -2.86. The van der Waals surface area contributed by atoms with Crippen molar-refractivity contribution in [1.29, 1.82) is 0 Å². The van der Waals surface area contributed by atoms with Crippen LogP contribution in [0.3, 0.4) is 0 Å². The zero-order valence-electron chi connectivity index (χ0n) is 14.5. The standard InChI is InChI=1S/C20H21N3O3/c1-23-9-8-18(25)21-15-10-13(6-7-16(15)23)20(26)22-19-14-5-3-2-4-12(14)11-17(19)24/h2-7,10,17,19,24H,8-9,11H2,1H3,(H,21,25)(H,22,26)/t17-,19+/m0/s1. The smallest absolute Gasteiger partial charge is 0.251 e. The summed E-state index contributed by atoms with van der Waals surface area (Å²) in [5.41, 5.74) is 3.99. The number of benzene rings is 2. The number of aliphatic hydroxyl groups excluding tert-OH is 1. The lowest BCUT2D eigenvalue weighted by Gasteiger charge is -2.20. The summed E-state index contributed by atoms with van der Waals surface area (Å²) < 4.78 is 0. The summed E-state index contributed by atoms with van der Waals surface area (Å²) in [4.78, 5) is 26.6. The topological polar surface area (TPSA) is 81.7 Å². The van der Waals surface area contributed by atoms with Crippen LogP contribution in [0.4, 0.5) is 11.4 Å². The average molecular weight is 351 g/mol. The Balaban J connectivity index is 1.59. The van der Waals surface area contributed by atoms with Gasteiger partial charge in [-0.1, -0.05) is 24.3 Å². The molecule has 2 amide bonds. The molecule has 1 heterocycles. The normalized spacial score (nSPS) is 21.5. The number of hydrogen-bond acceptors (Lipinski definition) is 4. The first-order valence-corrected chi connectivity index (χ1v) is 8.74. The third-order valence-electron chi connectivity index (χ3n) is 5.11. The summed E-state index contributed by atoms with van der Waals surface area (Å²) in [5.74, 6) is -0.331. The van der Waals surface area contributed by atoms with Gasteiger partial charge in [0.1, 0.15) is 0 Å². The predicted molar refractivity (Wildman–Crippen MR) is 99.3 cm³/mol. The van der Waals surface area contributed by atoms with Crippen LogP contribution < -0.4 is 15.5 Å². The largest absolute Gasteiger partial charge is 0.390 e. The van der Waals surface area contributed by atoms with Gasteiger partial charge in [-0.25, -0.2) is 0 Å². The minimum Gasteiger partial charge on any atom is -0.390 e. The lowest BCUT2D eigenvalue weighted by molar-refractivity contribution is -0.115. The molecular weight excluding hydrogens is 330 g/mol. The summed E-state index contributed by atoms with van der Waals surface area (Å²) in [6, 6.07) is 12.6. The highest BCUT2D eigenvalue weighted by Crippen LogP contribution is 2.32. The Morgan fingerprint density at radius 3 is 2.92 bits per heavy atom. The van der Waals surface area contributed by atoms with Gasteiger partial charge in [0.15, 0.2) is 0 Å². The first kappa shape index (κ1) is 16.6. The van der Waals surface area contributed by atoms with Crippen LogP contribution in [0, 0.1) is 0 Å². The van der Waals surface area contributed by atoms with Crippen molar-refractivity contribution in [2.75, 3.05) is 23.8 Å². The Bertz CT molecular complexity index is 880. The molecule has 4 rings (SSSR count). The van der Waals surface area contributed by atoms with Gasteiger partial charge in [-0.3, -0.25) is 9.59 Å². The van der Waals surface area contributed by atoms with E-state index in [-0.39, 0.29) is 11.8 Å². The number of nitrogens with zero attached hydrogens (tertiary/aromatic N) is 1. The maximum Gasteiger partial charge on any atom is 0.251 e. The molecule has 0 saturated heterocycles. The summed E-state index contributed by atoms with van der Waals surface area (Å²) in [6.07, 6.45) is 0.312. The highest BCUT2D eigenvalue weighted by atomic mass is 16.3. The summed E-state index contributed by atoms with van der Waals surface area (Å²) >= 11 is 0. The minimum atomic E-state index is -0.636. The van der Waals surface area contributed by atoms with Crippen LogP contribution in [0.25, 0.3) is 0 Å². The van der Waals surface area contributed by atoms with Crippen LogP contribution >= 0.6 is 0 Å². The molecule has 0 unspecified atom stereocenters. The van der Waals surface area contributed by atoms with Crippen LogP contribution in [-0.2, 0) is 11.2 Å². The summed E-state index contributed by atoms with van der Waals surface area (Å²) in [6.45, 7) is 0.634. The Kier molecular flexibility index (Phi) is 4.12. The molecule has 0 fully saturated rings. The molecule has 0 aromatic heterocycles. The van der Waals surface area contributed by atoms with Crippen molar-refractivity contribution in [2.24, 2.45) is 0 Å². The number of amides is 2. The Labute approximate surface area is 151 Å². The van der Waals surface area contributed by atoms with Gasteiger partial charge in [-0.05, 0) is 29.3 Å². The van der Waals surface area contributed by atoms with Crippen molar-refractivity contribution < 1.29 is 14.7 Å². The Morgan fingerprint density at radius 2 is 2.08 bits per heavy atom. The van der Waals surface area contributed by atoms with E-state index in [0.717, 1.165) is 16.8 Å². The van der Waals surface area contributed by atoms with E-state index in [2.05, 4.69) is 10.6 Å². The van der Waals surface area contributed by atoms with E-state index in [1.165, 1.54) is 0 Å². The van der Waals surface area contributed by atoms with E-state index in [0.29, 0.717) is 30.6 Å². The van der Waals surface area contributed by atoms with Gasteiger partial charge in [-0.15, -0.1) is 0 Å². The maximum atomic E-state index is 12.7. The summed E-state index contributed by atoms with van der Waals surface area (Å²) in [5, 5.41) is 16.1. The number of carbonyl (C=O) groups is 2. The second kappa shape index (κ2) is 6.46. The number of nitrogens with one attached hydrogen (secondary N) is 2. The molecule has 2 aromatic rings. The van der Waals surface area contributed by atoms with Crippen LogP contribution in [0.5, 0.6) is 0 Å². The zero-order chi connectivity index (χ0) is 18.3. The lowest BCUT2D eigenvalue weighted by atomic mass is 10.1. The molecule has 0 bridgehead atoms. The lowest BCUT2D eigenvalue weighted by Crippen LogP contribution is -2.33. The van der Waals surface area contributed by atoms with E-state index >= 15 is 0 Å².